The molecule has 0 aliphatic carbocycles. The van der Waals surface area contributed by atoms with Gasteiger partial charge in [-0.15, -0.1) is 0 Å². The van der Waals surface area contributed by atoms with Crippen molar-refractivity contribution in [2.75, 3.05) is 63.6 Å². The molecule has 0 saturated carbocycles. The number of piperazine rings is 1. The lowest BCUT2D eigenvalue weighted by atomic mass is 10.00. The number of carbonyl (C=O) groups excluding carboxylic acids is 2. The van der Waals surface area contributed by atoms with Crippen LogP contribution in [0.15, 0.2) is 42.5 Å². The minimum absolute atomic E-state index is 0.0380. The van der Waals surface area contributed by atoms with Crippen molar-refractivity contribution in [2.24, 2.45) is 0 Å². The molecule has 7 nitrogen and oxygen atoms in total. The Hall–Kier alpha value is -2.90. The predicted octanol–water partition coefficient (Wildman–Crippen LogP) is 2.03. The van der Waals surface area contributed by atoms with Gasteiger partial charge in [0.25, 0.3) is 0 Å². The first-order valence-corrected chi connectivity index (χ1v) is 11.3. The SMILES string of the molecule is Cc1ccc(NC(=O)C(=O)NCC(c2ccc3c(c2)CCN3C)N2CCN(C)CC2)cc1. The molecule has 0 bridgehead atoms. The number of aryl methyl sites for hydroxylation is 1. The first-order valence-electron chi connectivity index (χ1n) is 11.3. The minimum atomic E-state index is -0.637. The van der Waals surface area contributed by atoms with Crippen LogP contribution < -0.4 is 15.5 Å². The summed E-state index contributed by atoms with van der Waals surface area (Å²) in [5.74, 6) is -1.24. The number of fused-ring (bicyclic) bond motifs is 1. The molecule has 2 aliphatic rings. The van der Waals surface area contributed by atoms with Crippen molar-refractivity contribution >= 4 is 23.2 Å². The van der Waals surface area contributed by atoms with Crippen molar-refractivity contribution in [3.8, 4) is 0 Å². The van der Waals surface area contributed by atoms with Crippen molar-refractivity contribution in [3.63, 3.8) is 0 Å². The lowest BCUT2D eigenvalue weighted by Crippen LogP contribution is -2.49. The second-order valence-corrected chi connectivity index (χ2v) is 8.94. The highest BCUT2D eigenvalue weighted by Crippen LogP contribution is 2.31. The molecular weight excluding hydrogens is 402 g/mol. The summed E-state index contributed by atoms with van der Waals surface area (Å²) < 4.78 is 0. The molecule has 4 rings (SSSR count). The van der Waals surface area contributed by atoms with Gasteiger partial charge in [-0.3, -0.25) is 14.5 Å². The van der Waals surface area contributed by atoms with Crippen molar-refractivity contribution in [3.05, 3.63) is 59.2 Å². The van der Waals surface area contributed by atoms with Gasteiger partial charge in [-0.2, -0.15) is 0 Å². The van der Waals surface area contributed by atoms with E-state index in [1.165, 1.54) is 16.8 Å². The monoisotopic (exact) mass is 435 g/mol. The van der Waals surface area contributed by atoms with Crippen LogP contribution in [-0.2, 0) is 16.0 Å². The first kappa shape index (κ1) is 22.3. The summed E-state index contributed by atoms with van der Waals surface area (Å²) in [6, 6.07) is 14.1. The third-order valence-electron chi connectivity index (χ3n) is 6.57. The average molecular weight is 436 g/mol. The van der Waals surface area contributed by atoms with E-state index in [4.69, 9.17) is 0 Å². The zero-order chi connectivity index (χ0) is 22.7. The van der Waals surface area contributed by atoms with Crippen LogP contribution in [0.25, 0.3) is 0 Å². The molecule has 1 atom stereocenters. The fourth-order valence-electron chi connectivity index (χ4n) is 4.48. The first-order chi connectivity index (χ1) is 15.4. The summed E-state index contributed by atoms with van der Waals surface area (Å²) in [4.78, 5) is 32.0. The van der Waals surface area contributed by atoms with Crippen LogP contribution in [0.4, 0.5) is 11.4 Å². The molecule has 1 unspecified atom stereocenters. The highest BCUT2D eigenvalue weighted by Gasteiger charge is 2.27. The summed E-state index contributed by atoms with van der Waals surface area (Å²) in [5.41, 5.74) is 5.56. The van der Waals surface area contributed by atoms with Gasteiger partial charge < -0.3 is 20.4 Å². The maximum Gasteiger partial charge on any atom is 0.313 e. The molecule has 2 heterocycles. The fraction of sp³-hybridized carbons (Fsp3) is 0.440. The Morgan fingerprint density at radius 1 is 0.938 bits per heavy atom. The maximum absolute atomic E-state index is 12.6. The smallest absolute Gasteiger partial charge is 0.313 e. The number of hydrogen-bond donors (Lipinski definition) is 2. The predicted molar refractivity (Wildman–Crippen MR) is 128 cm³/mol. The minimum Gasteiger partial charge on any atom is -0.374 e. The molecule has 2 amide bonds. The topological polar surface area (TPSA) is 67.9 Å². The Balaban J connectivity index is 1.45. The molecule has 0 aromatic heterocycles. The lowest BCUT2D eigenvalue weighted by Gasteiger charge is -2.38. The van der Waals surface area contributed by atoms with Gasteiger partial charge >= 0.3 is 11.8 Å². The Labute approximate surface area is 190 Å². The van der Waals surface area contributed by atoms with Crippen LogP contribution in [0.5, 0.6) is 0 Å². The third kappa shape index (κ3) is 5.11. The lowest BCUT2D eigenvalue weighted by molar-refractivity contribution is -0.136. The van der Waals surface area contributed by atoms with E-state index in [9.17, 15) is 9.59 Å². The fourth-order valence-corrected chi connectivity index (χ4v) is 4.48. The molecule has 0 radical (unpaired) electrons. The van der Waals surface area contributed by atoms with E-state index in [-0.39, 0.29) is 6.04 Å². The average Bonchev–Trinajstić information content (AvgIpc) is 3.16. The second-order valence-electron chi connectivity index (χ2n) is 8.94. The summed E-state index contributed by atoms with van der Waals surface area (Å²) in [6.07, 6.45) is 1.04. The van der Waals surface area contributed by atoms with Gasteiger partial charge in [-0.05, 0) is 49.7 Å². The second kappa shape index (κ2) is 9.71. The van der Waals surface area contributed by atoms with Crippen LogP contribution in [0, 0.1) is 6.92 Å². The van der Waals surface area contributed by atoms with Gasteiger partial charge in [0, 0.05) is 57.7 Å². The number of amides is 2. The molecule has 2 aliphatic heterocycles. The van der Waals surface area contributed by atoms with Crippen LogP contribution in [0.2, 0.25) is 0 Å². The van der Waals surface area contributed by atoms with Gasteiger partial charge in [0.2, 0.25) is 0 Å². The summed E-state index contributed by atoms with van der Waals surface area (Å²) >= 11 is 0. The van der Waals surface area contributed by atoms with Crippen LogP contribution in [-0.4, -0.2) is 75.0 Å². The molecule has 7 heteroatoms. The van der Waals surface area contributed by atoms with Crippen LogP contribution in [0.1, 0.15) is 22.7 Å². The van der Waals surface area contributed by atoms with Gasteiger partial charge in [0.05, 0.1) is 6.04 Å². The number of hydrogen-bond acceptors (Lipinski definition) is 5. The molecule has 2 N–H and O–H groups in total. The Morgan fingerprint density at radius 3 is 2.38 bits per heavy atom. The van der Waals surface area contributed by atoms with E-state index in [1.807, 2.05) is 19.1 Å². The van der Waals surface area contributed by atoms with Gasteiger partial charge in [0.1, 0.15) is 0 Å². The molecular formula is C25H33N5O2. The van der Waals surface area contributed by atoms with Gasteiger partial charge in [-0.1, -0.05) is 29.8 Å². The van der Waals surface area contributed by atoms with Crippen LogP contribution >= 0.6 is 0 Å². The number of carbonyl (C=O) groups is 2. The Kier molecular flexibility index (Phi) is 6.77. The molecule has 32 heavy (non-hydrogen) atoms. The zero-order valence-electron chi connectivity index (χ0n) is 19.2. The highest BCUT2D eigenvalue weighted by molar-refractivity contribution is 6.39. The van der Waals surface area contributed by atoms with E-state index in [2.05, 4.69) is 57.6 Å². The van der Waals surface area contributed by atoms with Crippen LogP contribution in [0.3, 0.4) is 0 Å². The molecule has 170 valence electrons. The number of likely N-dealkylation sites (N-methyl/N-ethyl adjacent to an activating group) is 2. The van der Waals surface area contributed by atoms with Crippen molar-refractivity contribution in [2.45, 2.75) is 19.4 Å². The number of nitrogens with zero attached hydrogens (tertiary/aromatic N) is 3. The summed E-state index contributed by atoms with van der Waals surface area (Å²) in [7, 11) is 4.26. The molecule has 0 spiro atoms. The molecule has 2 aromatic rings. The Morgan fingerprint density at radius 2 is 1.66 bits per heavy atom. The van der Waals surface area contributed by atoms with Crippen molar-refractivity contribution < 1.29 is 9.59 Å². The standard InChI is InChI=1S/C25H33N5O2/c1-18-4-7-21(8-5-18)27-25(32)24(31)26-17-23(30-14-12-28(2)13-15-30)19-6-9-22-20(16-19)10-11-29(22)3/h4-9,16,23H,10-15,17H2,1-3H3,(H,26,31)(H,27,32). The van der Waals surface area contributed by atoms with E-state index in [0.29, 0.717) is 12.2 Å². The summed E-state index contributed by atoms with van der Waals surface area (Å²) in [5, 5.41) is 5.56. The van der Waals surface area contributed by atoms with E-state index in [1.54, 1.807) is 12.1 Å². The highest BCUT2D eigenvalue weighted by atomic mass is 16.2. The van der Waals surface area contributed by atoms with Gasteiger partial charge in [0.15, 0.2) is 0 Å². The zero-order valence-corrected chi connectivity index (χ0v) is 19.2. The number of nitrogens with one attached hydrogen (secondary N) is 2. The van der Waals surface area contributed by atoms with E-state index >= 15 is 0 Å². The number of rotatable bonds is 5. The van der Waals surface area contributed by atoms with Crippen molar-refractivity contribution in [1.29, 1.82) is 0 Å². The van der Waals surface area contributed by atoms with E-state index < -0.39 is 11.8 Å². The largest absolute Gasteiger partial charge is 0.374 e. The van der Waals surface area contributed by atoms with Gasteiger partial charge in [-0.25, -0.2) is 0 Å². The molecule has 1 saturated heterocycles. The quantitative estimate of drug-likeness (QED) is 0.704. The van der Waals surface area contributed by atoms with Crippen molar-refractivity contribution in [1.82, 2.24) is 15.1 Å². The number of anilines is 2. The molecule has 2 aromatic carbocycles. The Bertz CT molecular complexity index is 967. The number of benzene rings is 2. The van der Waals surface area contributed by atoms with E-state index in [0.717, 1.165) is 44.7 Å². The molecule has 1 fully saturated rings. The third-order valence-corrected chi connectivity index (χ3v) is 6.57. The maximum atomic E-state index is 12.6. The summed E-state index contributed by atoms with van der Waals surface area (Å²) in [6.45, 7) is 7.27. The normalized spacial score (nSPS) is 17.7.